The largest absolute Gasteiger partial charge is 0.497 e. The Morgan fingerprint density at radius 1 is 0.905 bits per heavy atom. The van der Waals surface area contributed by atoms with E-state index in [1.807, 2.05) is 44.2 Å². The van der Waals surface area contributed by atoms with Crippen molar-refractivity contribution < 1.29 is 9.47 Å². The predicted octanol–water partition coefficient (Wildman–Crippen LogP) is 3.54. The van der Waals surface area contributed by atoms with E-state index in [2.05, 4.69) is 13.0 Å². The summed E-state index contributed by atoms with van der Waals surface area (Å²) in [5.74, 6) is 1.72. The molecule has 0 saturated carbocycles. The van der Waals surface area contributed by atoms with Gasteiger partial charge in [-0.15, -0.1) is 0 Å². The summed E-state index contributed by atoms with van der Waals surface area (Å²) in [5, 5.41) is 0. The topological polar surface area (TPSA) is 44.5 Å². The van der Waals surface area contributed by atoms with Crippen molar-refractivity contribution in [2.24, 2.45) is 5.73 Å². The van der Waals surface area contributed by atoms with Crippen LogP contribution in [0.2, 0.25) is 0 Å². The molecule has 2 aromatic rings. The highest BCUT2D eigenvalue weighted by atomic mass is 16.5. The van der Waals surface area contributed by atoms with Gasteiger partial charge >= 0.3 is 0 Å². The molecule has 0 saturated heterocycles. The van der Waals surface area contributed by atoms with Crippen LogP contribution in [-0.2, 0) is 5.54 Å². The van der Waals surface area contributed by atoms with Gasteiger partial charge in [-0.1, -0.05) is 12.1 Å². The molecule has 112 valence electrons. The van der Waals surface area contributed by atoms with E-state index < -0.39 is 5.54 Å². The van der Waals surface area contributed by atoms with Crippen LogP contribution in [0.3, 0.4) is 0 Å². The SMILES string of the molecule is COc1ccc(C(C)(N)c2cc(C)c(OC)cc2C)cc1. The van der Waals surface area contributed by atoms with Crippen molar-refractivity contribution in [2.45, 2.75) is 26.3 Å². The first-order chi connectivity index (χ1) is 9.90. The molecule has 2 N–H and O–H groups in total. The molecule has 0 radical (unpaired) electrons. The maximum absolute atomic E-state index is 6.63. The monoisotopic (exact) mass is 285 g/mol. The van der Waals surface area contributed by atoms with Gasteiger partial charge in [-0.2, -0.15) is 0 Å². The first kappa shape index (κ1) is 15.4. The molecule has 0 aromatic heterocycles. The van der Waals surface area contributed by atoms with Crippen LogP contribution < -0.4 is 15.2 Å². The second kappa shape index (κ2) is 5.78. The van der Waals surface area contributed by atoms with Crippen LogP contribution in [0.4, 0.5) is 0 Å². The Hall–Kier alpha value is -2.00. The molecule has 0 amide bonds. The second-order valence-corrected chi connectivity index (χ2v) is 5.57. The molecular weight excluding hydrogens is 262 g/mol. The van der Waals surface area contributed by atoms with Gasteiger partial charge in [-0.3, -0.25) is 0 Å². The molecular formula is C18H23NO2. The summed E-state index contributed by atoms with van der Waals surface area (Å²) in [6.45, 7) is 6.13. The lowest BCUT2D eigenvalue weighted by Gasteiger charge is -2.29. The zero-order valence-electron chi connectivity index (χ0n) is 13.4. The van der Waals surface area contributed by atoms with Crippen LogP contribution in [0, 0.1) is 13.8 Å². The van der Waals surface area contributed by atoms with Gasteiger partial charge in [-0.25, -0.2) is 0 Å². The van der Waals surface area contributed by atoms with Gasteiger partial charge in [0.25, 0.3) is 0 Å². The first-order valence-corrected chi connectivity index (χ1v) is 6.99. The molecule has 0 aliphatic carbocycles. The third kappa shape index (κ3) is 2.88. The van der Waals surface area contributed by atoms with Crippen molar-refractivity contribution in [3.8, 4) is 11.5 Å². The van der Waals surface area contributed by atoms with Crippen LogP contribution in [0.5, 0.6) is 11.5 Å². The Balaban J connectivity index is 2.49. The van der Waals surface area contributed by atoms with Crippen LogP contribution >= 0.6 is 0 Å². The van der Waals surface area contributed by atoms with E-state index in [1.54, 1.807) is 14.2 Å². The van der Waals surface area contributed by atoms with E-state index in [-0.39, 0.29) is 0 Å². The molecule has 21 heavy (non-hydrogen) atoms. The molecule has 0 aliphatic heterocycles. The number of hydrogen-bond acceptors (Lipinski definition) is 3. The van der Waals surface area contributed by atoms with Gasteiger partial charge in [0.05, 0.1) is 19.8 Å². The minimum atomic E-state index is -0.562. The zero-order chi connectivity index (χ0) is 15.6. The van der Waals surface area contributed by atoms with Crippen molar-refractivity contribution in [3.63, 3.8) is 0 Å². The molecule has 2 rings (SSSR count). The molecule has 0 bridgehead atoms. The summed E-state index contributed by atoms with van der Waals surface area (Å²) in [7, 11) is 3.35. The predicted molar refractivity (Wildman–Crippen MR) is 86.1 cm³/mol. The van der Waals surface area contributed by atoms with Crippen molar-refractivity contribution in [2.75, 3.05) is 14.2 Å². The maximum Gasteiger partial charge on any atom is 0.122 e. The Morgan fingerprint density at radius 2 is 1.52 bits per heavy atom. The van der Waals surface area contributed by atoms with E-state index in [1.165, 1.54) is 0 Å². The normalized spacial score (nSPS) is 13.6. The Bertz CT molecular complexity index is 630. The number of aryl methyl sites for hydroxylation is 2. The summed E-state index contributed by atoms with van der Waals surface area (Å²) >= 11 is 0. The van der Waals surface area contributed by atoms with E-state index >= 15 is 0 Å². The highest BCUT2D eigenvalue weighted by Gasteiger charge is 2.26. The lowest BCUT2D eigenvalue weighted by molar-refractivity contribution is 0.410. The minimum Gasteiger partial charge on any atom is -0.497 e. The number of benzene rings is 2. The van der Waals surface area contributed by atoms with E-state index in [0.29, 0.717) is 0 Å². The molecule has 0 heterocycles. The van der Waals surface area contributed by atoms with Crippen LogP contribution in [0.1, 0.15) is 29.2 Å². The first-order valence-electron chi connectivity index (χ1n) is 6.99. The Kier molecular flexibility index (Phi) is 4.24. The van der Waals surface area contributed by atoms with Crippen molar-refractivity contribution >= 4 is 0 Å². The third-order valence-electron chi connectivity index (χ3n) is 3.99. The molecule has 1 unspecified atom stereocenters. The summed E-state index contributed by atoms with van der Waals surface area (Å²) in [4.78, 5) is 0. The molecule has 3 nitrogen and oxygen atoms in total. The Labute approximate surface area is 126 Å². The summed E-state index contributed by atoms with van der Waals surface area (Å²) in [6, 6.07) is 12.0. The average Bonchev–Trinajstić information content (AvgIpc) is 2.49. The number of rotatable bonds is 4. The number of ether oxygens (including phenoxy) is 2. The van der Waals surface area contributed by atoms with Crippen molar-refractivity contribution in [1.29, 1.82) is 0 Å². The maximum atomic E-state index is 6.63. The quantitative estimate of drug-likeness (QED) is 0.934. The minimum absolute atomic E-state index is 0.562. The van der Waals surface area contributed by atoms with E-state index in [0.717, 1.165) is 33.8 Å². The molecule has 0 aliphatic rings. The summed E-state index contributed by atoms with van der Waals surface area (Å²) in [6.07, 6.45) is 0. The van der Waals surface area contributed by atoms with E-state index in [4.69, 9.17) is 15.2 Å². The van der Waals surface area contributed by atoms with Crippen LogP contribution in [-0.4, -0.2) is 14.2 Å². The average molecular weight is 285 g/mol. The number of hydrogen-bond donors (Lipinski definition) is 1. The highest BCUT2D eigenvalue weighted by molar-refractivity contribution is 5.48. The summed E-state index contributed by atoms with van der Waals surface area (Å²) in [5.41, 5.74) is 10.4. The van der Waals surface area contributed by atoms with Gasteiger partial charge in [0.15, 0.2) is 0 Å². The zero-order valence-corrected chi connectivity index (χ0v) is 13.4. The van der Waals surface area contributed by atoms with Gasteiger partial charge in [0, 0.05) is 0 Å². The fraction of sp³-hybridized carbons (Fsp3) is 0.333. The standard InChI is InChI=1S/C18H23NO2/c1-12-11-17(21-5)13(2)10-16(12)18(3,19)14-6-8-15(20-4)9-7-14/h6-11H,19H2,1-5H3. The smallest absolute Gasteiger partial charge is 0.122 e. The van der Waals surface area contributed by atoms with E-state index in [9.17, 15) is 0 Å². The van der Waals surface area contributed by atoms with Gasteiger partial charge < -0.3 is 15.2 Å². The van der Waals surface area contributed by atoms with Crippen molar-refractivity contribution in [3.05, 3.63) is 58.7 Å². The second-order valence-electron chi connectivity index (χ2n) is 5.57. The van der Waals surface area contributed by atoms with Gasteiger partial charge in [-0.05, 0) is 67.3 Å². The fourth-order valence-electron chi connectivity index (χ4n) is 2.66. The number of methoxy groups -OCH3 is 2. The lowest BCUT2D eigenvalue weighted by atomic mass is 9.82. The third-order valence-corrected chi connectivity index (χ3v) is 3.99. The summed E-state index contributed by atoms with van der Waals surface area (Å²) < 4.78 is 10.6. The molecule has 0 fully saturated rings. The molecule has 0 spiro atoms. The number of nitrogens with two attached hydrogens (primary N) is 1. The lowest BCUT2D eigenvalue weighted by Crippen LogP contribution is -2.35. The Morgan fingerprint density at radius 3 is 2.05 bits per heavy atom. The highest BCUT2D eigenvalue weighted by Crippen LogP contribution is 2.33. The van der Waals surface area contributed by atoms with Gasteiger partial charge in [0.2, 0.25) is 0 Å². The molecule has 3 heteroatoms. The molecule has 1 atom stereocenters. The van der Waals surface area contributed by atoms with Gasteiger partial charge in [0.1, 0.15) is 11.5 Å². The van der Waals surface area contributed by atoms with Crippen molar-refractivity contribution in [1.82, 2.24) is 0 Å². The molecule has 2 aromatic carbocycles. The van der Waals surface area contributed by atoms with Crippen LogP contribution in [0.15, 0.2) is 36.4 Å². The fourth-order valence-corrected chi connectivity index (χ4v) is 2.66. The van der Waals surface area contributed by atoms with Crippen LogP contribution in [0.25, 0.3) is 0 Å².